The lowest BCUT2D eigenvalue weighted by atomic mass is 10.0. The first-order valence-electron chi connectivity index (χ1n) is 15.2. The molecule has 8 nitrogen and oxygen atoms in total. The second-order valence-electron chi connectivity index (χ2n) is 11.0. The molecular weight excluding hydrogens is 666 g/mol. The monoisotopic (exact) mass is 705 g/mol. The Balaban J connectivity index is 1.63. The Morgan fingerprint density at radius 1 is 0.848 bits per heavy atom. The topological polar surface area (TPSA) is 96.0 Å². The number of carbonyl (C=O) groups is 2. The smallest absolute Gasteiger partial charge is 0.244 e. The van der Waals surface area contributed by atoms with Crippen molar-refractivity contribution >= 4 is 43.5 Å². The molecule has 0 radical (unpaired) electrons. The number of nitrogens with one attached hydrogen (secondary N) is 1. The van der Waals surface area contributed by atoms with Crippen molar-refractivity contribution in [3.63, 3.8) is 0 Å². The van der Waals surface area contributed by atoms with Gasteiger partial charge in [-0.05, 0) is 59.5 Å². The van der Waals surface area contributed by atoms with Gasteiger partial charge in [0.1, 0.15) is 24.9 Å². The number of hydrogen-bond acceptors (Lipinski definition) is 5. The fourth-order valence-corrected chi connectivity index (χ4v) is 6.25. The number of unbranched alkanes of at least 4 members (excludes halogenated alkanes) is 1. The van der Waals surface area contributed by atoms with Gasteiger partial charge >= 0.3 is 0 Å². The van der Waals surface area contributed by atoms with E-state index in [0.717, 1.165) is 44.6 Å². The third-order valence-corrected chi connectivity index (χ3v) is 9.03. The van der Waals surface area contributed by atoms with Crippen molar-refractivity contribution in [3.8, 4) is 5.75 Å². The van der Waals surface area contributed by atoms with Crippen molar-refractivity contribution < 1.29 is 22.7 Å². The maximum Gasteiger partial charge on any atom is 0.244 e. The predicted molar refractivity (Wildman–Crippen MR) is 186 cm³/mol. The molecule has 242 valence electrons. The fourth-order valence-electron chi connectivity index (χ4n) is 4.96. The lowest BCUT2D eigenvalue weighted by Gasteiger charge is -2.33. The number of sulfonamides is 1. The highest BCUT2D eigenvalue weighted by Gasteiger charge is 2.33. The van der Waals surface area contributed by atoms with Crippen LogP contribution in [0.3, 0.4) is 0 Å². The highest BCUT2D eigenvalue weighted by molar-refractivity contribution is 9.10. The molecular formula is C36H40BrN3O5S. The number of nitrogens with zero attached hydrogens (tertiary/aromatic N) is 2. The number of rotatable bonds is 16. The second-order valence-corrected chi connectivity index (χ2v) is 13.9. The number of hydrogen-bond donors (Lipinski definition) is 1. The summed E-state index contributed by atoms with van der Waals surface area (Å²) in [5.41, 5.74) is 3.01. The van der Waals surface area contributed by atoms with E-state index in [9.17, 15) is 18.0 Å². The van der Waals surface area contributed by atoms with Crippen molar-refractivity contribution in [2.24, 2.45) is 0 Å². The summed E-state index contributed by atoms with van der Waals surface area (Å²) in [4.78, 5) is 29.5. The summed E-state index contributed by atoms with van der Waals surface area (Å²) in [6.45, 7) is 2.51. The SMILES string of the molecule is CCCCNC(=O)[C@H](Cc1ccccc1)N(Cc1cccc(Br)c1)C(=O)CN(c1ccc(OCc2ccccc2)cc1)S(C)(=O)=O. The van der Waals surface area contributed by atoms with Crippen LogP contribution >= 0.6 is 15.9 Å². The molecule has 0 unspecified atom stereocenters. The van der Waals surface area contributed by atoms with Crippen molar-refractivity contribution in [2.75, 3.05) is 23.7 Å². The Bertz CT molecular complexity index is 1670. The van der Waals surface area contributed by atoms with Crippen LogP contribution in [0.4, 0.5) is 5.69 Å². The summed E-state index contributed by atoms with van der Waals surface area (Å²) < 4.78 is 34.0. The number of halogens is 1. The third-order valence-electron chi connectivity index (χ3n) is 7.39. The number of amides is 2. The van der Waals surface area contributed by atoms with Crippen LogP contribution in [0.15, 0.2) is 114 Å². The Morgan fingerprint density at radius 3 is 2.09 bits per heavy atom. The minimum Gasteiger partial charge on any atom is -0.489 e. The zero-order valence-corrected chi connectivity index (χ0v) is 28.5. The lowest BCUT2D eigenvalue weighted by molar-refractivity contribution is -0.140. The van der Waals surface area contributed by atoms with Gasteiger partial charge in [0, 0.05) is 24.0 Å². The van der Waals surface area contributed by atoms with Gasteiger partial charge in [-0.1, -0.05) is 102 Å². The Kier molecular flexibility index (Phi) is 12.8. The number of carbonyl (C=O) groups excluding carboxylic acids is 2. The summed E-state index contributed by atoms with van der Waals surface area (Å²) in [7, 11) is -3.88. The molecule has 4 rings (SSSR count). The van der Waals surface area contributed by atoms with Crippen LogP contribution in [0.1, 0.15) is 36.5 Å². The maximum absolute atomic E-state index is 14.3. The van der Waals surface area contributed by atoms with E-state index in [1.807, 2.05) is 91.9 Å². The number of ether oxygens (including phenoxy) is 1. The van der Waals surface area contributed by atoms with Crippen molar-refractivity contribution in [1.29, 1.82) is 0 Å². The summed E-state index contributed by atoms with van der Waals surface area (Å²) in [6, 6.07) is 32.4. The van der Waals surface area contributed by atoms with E-state index in [4.69, 9.17) is 4.74 Å². The van der Waals surface area contributed by atoms with Gasteiger partial charge in [-0.25, -0.2) is 8.42 Å². The van der Waals surface area contributed by atoms with E-state index in [1.54, 1.807) is 24.3 Å². The molecule has 4 aromatic carbocycles. The molecule has 2 amide bonds. The fraction of sp³-hybridized carbons (Fsp3) is 0.278. The van der Waals surface area contributed by atoms with Gasteiger partial charge in [-0.2, -0.15) is 0 Å². The van der Waals surface area contributed by atoms with E-state index in [1.165, 1.54) is 4.90 Å². The molecule has 0 aliphatic rings. The molecule has 0 bridgehead atoms. The van der Waals surface area contributed by atoms with Gasteiger partial charge in [0.25, 0.3) is 0 Å². The van der Waals surface area contributed by atoms with Gasteiger partial charge in [0.15, 0.2) is 0 Å². The molecule has 4 aromatic rings. The van der Waals surface area contributed by atoms with Gasteiger partial charge in [-0.3, -0.25) is 13.9 Å². The molecule has 0 aliphatic carbocycles. The maximum atomic E-state index is 14.3. The molecule has 0 heterocycles. The second kappa shape index (κ2) is 17.0. The highest BCUT2D eigenvalue weighted by atomic mass is 79.9. The van der Waals surface area contributed by atoms with Crippen LogP contribution in [-0.2, 0) is 39.2 Å². The zero-order valence-electron chi connectivity index (χ0n) is 26.1. The molecule has 1 atom stereocenters. The zero-order chi connectivity index (χ0) is 32.9. The van der Waals surface area contributed by atoms with Gasteiger partial charge in [0.2, 0.25) is 21.8 Å². The highest BCUT2D eigenvalue weighted by Crippen LogP contribution is 2.24. The molecule has 10 heteroatoms. The number of benzene rings is 4. The molecule has 46 heavy (non-hydrogen) atoms. The molecule has 0 aromatic heterocycles. The van der Waals surface area contributed by atoms with Crippen LogP contribution in [0, 0.1) is 0 Å². The first-order valence-corrected chi connectivity index (χ1v) is 17.9. The normalized spacial score (nSPS) is 11.8. The van der Waals surface area contributed by atoms with Crippen LogP contribution < -0.4 is 14.4 Å². The Labute approximate surface area is 280 Å². The van der Waals surface area contributed by atoms with E-state index in [-0.39, 0.29) is 18.9 Å². The van der Waals surface area contributed by atoms with Crippen molar-refractivity contribution in [2.45, 2.75) is 45.4 Å². The largest absolute Gasteiger partial charge is 0.489 e. The summed E-state index contributed by atoms with van der Waals surface area (Å²) >= 11 is 3.50. The van der Waals surface area contributed by atoms with Gasteiger partial charge in [-0.15, -0.1) is 0 Å². The first kappa shape index (κ1) is 34.7. The van der Waals surface area contributed by atoms with Gasteiger partial charge in [0.05, 0.1) is 11.9 Å². The Hall–Kier alpha value is -4.15. The third kappa shape index (κ3) is 10.5. The van der Waals surface area contributed by atoms with Gasteiger partial charge < -0.3 is 15.0 Å². The van der Waals surface area contributed by atoms with E-state index in [0.29, 0.717) is 24.6 Å². The molecule has 0 saturated carbocycles. The molecule has 0 spiro atoms. The molecule has 0 fully saturated rings. The first-order chi connectivity index (χ1) is 22.1. The van der Waals surface area contributed by atoms with E-state index >= 15 is 0 Å². The molecule has 0 saturated heterocycles. The molecule has 0 aliphatic heterocycles. The van der Waals surface area contributed by atoms with E-state index in [2.05, 4.69) is 21.2 Å². The summed E-state index contributed by atoms with van der Waals surface area (Å²) in [6.07, 6.45) is 3.04. The lowest BCUT2D eigenvalue weighted by Crippen LogP contribution is -2.53. The van der Waals surface area contributed by atoms with Crippen molar-refractivity contribution in [1.82, 2.24) is 10.2 Å². The summed E-state index contributed by atoms with van der Waals surface area (Å²) in [5, 5.41) is 2.99. The summed E-state index contributed by atoms with van der Waals surface area (Å²) in [5.74, 6) is -0.219. The quantitative estimate of drug-likeness (QED) is 0.137. The van der Waals surface area contributed by atoms with Crippen LogP contribution in [0.2, 0.25) is 0 Å². The predicted octanol–water partition coefficient (Wildman–Crippen LogP) is 6.35. The standard InChI is InChI=1S/C36H40BrN3O5S/c1-3-4-22-38-36(42)34(24-28-12-7-5-8-13-28)39(25-30-16-11-17-31(37)23-30)35(41)26-40(46(2,43)44)32-18-20-33(21-19-32)45-27-29-14-9-6-10-15-29/h5-21,23,34H,3-4,22,24-27H2,1-2H3,(H,38,42)/t34-/m0/s1. The van der Waals surface area contributed by atoms with Crippen LogP contribution in [0.25, 0.3) is 0 Å². The van der Waals surface area contributed by atoms with Crippen molar-refractivity contribution in [3.05, 3.63) is 130 Å². The average molecular weight is 707 g/mol. The van der Waals surface area contributed by atoms with Crippen LogP contribution in [-0.4, -0.2) is 50.5 Å². The minimum absolute atomic E-state index is 0.112. The molecule has 1 N–H and O–H groups in total. The minimum atomic E-state index is -3.88. The number of anilines is 1. The van der Waals surface area contributed by atoms with E-state index < -0.39 is 28.5 Å². The average Bonchev–Trinajstić information content (AvgIpc) is 3.05. The van der Waals surface area contributed by atoms with Crippen LogP contribution in [0.5, 0.6) is 5.75 Å². The Morgan fingerprint density at radius 2 is 1.48 bits per heavy atom.